The maximum Gasteiger partial charge on any atom is 0.0109 e. The van der Waals surface area contributed by atoms with Crippen molar-refractivity contribution in [1.29, 1.82) is 0 Å². The highest BCUT2D eigenvalue weighted by molar-refractivity contribution is 5.34. The van der Waals surface area contributed by atoms with E-state index in [0.717, 1.165) is 12.0 Å². The van der Waals surface area contributed by atoms with Crippen molar-refractivity contribution >= 4 is 0 Å². The Labute approximate surface area is 98.3 Å². The van der Waals surface area contributed by atoms with Crippen LogP contribution < -0.4 is 5.32 Å². The predicted molar refractivity (Wildman–Crippen MR) is 67.5 cm³/mol. The van der Waals surface area contributed by atoms with E-state index in [9.17, 15) is 0 Å². The van der Waals surface area contributed by atoms with E-state index >= 15 is 0 Å². The Morgan fingerprint density at radius 2 is 2.00 bits per heavy atom. The van der Waals surface area contributed by atoms with Crippen LogP contribution in [0.4, 0.5) is 0 Å². The molecule has 0 amide bonds. The highest BCUT2D eigenvalue weighted by atomic mass is 15.0. The average Bonchev–Trinajstić information content (AvgIpc) is 3.23. The highest BCUT2D eigenvalue weighted by Gasteiger charge is 2.53. The van der Waals surface area contributed by atoms with E-state index in [2.05, 4.69) is 42.6 Å². The van der Waals surface area contributed by atoms with Crippen molar-refractivity contribution in [3.63, 3.8) is 0 Å². The Hall–Kier alpha value is -0.820. The van der Waals surface area contributed by atoms with Gasteiger partial charge in [-0.3, -0.25) is 0 Å². The number of nitrogens with one attached hydrogen (secondary N) is 1. The van der Waals surface area contributed by atoms with Crippen LogP contribution in [0.25, 0.3) is 0 Å². The Morgan fingerprint density at radius 1 is 1.25 bits per heavy atom. The highest BCUT2D eigenvalue weighted by Crippen LogP contribution is 2.55. The lowest BCUT2D eigenvalue weighted by atomic mass is 9.92. The second kappa shape index (κ2) is 3.89. The largest absolute Gasteiger partial charge is 0.313 e. The van der Waals surface area contributed by atoms with Crippen LogP contribution in [0.5, 0.6) is 0 Å². The van der Waals surface area contributed by atoms with Gasteiger partial charge in [0.25, 0.3) is 0 Å². The van der Waals surface area contributed by atoms with E-state index in [1.165, 1.54) is 32.2 Å². The summed E-state index contributed by atoms with van der Waals surface area (Å²) in [4.78, 5) is 0. The normalized spacial score (nSPS) is 32.7. The zero-order valence-electron chi connectivity index (χ0n) is 10.1. The van der Waals surface area contributed by atoms with Crippen molar-refractivity contribution in [2.45, 2.75) is 44.1 Å². The van der Waals surface area contributed by atoms with Crippen molar-refractivity contribution in [1.82, 2.24) is 5.32 Å². The lowest BCUT2D eigenvalue weighted by Gasteiger charge is -2.18. The zero-order chi connectivity index (χ0) is 11.0. The minimum absolute atomic E-state index is 0.471. The third-order valence-corrected chi connectivity index (χ3v) is 4.36. The molecule has 0 spiro atoms. The van der Waals surface area contributed by atoms with Gasteiger partial charge in [-0.15, -0.1) is 0 Å². The Bertz CT molecular complexity index is 355. The smallest absolute Gasteiger partial charge is 0.0109 e. The maximum atomic E-state index is 3.72. The Kier molecular flexibility index (Phi) is 2.51. The molecule has 0 saturated heterocycles. The molecule has 0 heterocycles. The first-order valence-electron chi connectivity index (χ1n) is 6.64. The van der Waals surface area contributed by atoms with Gasteiger partial charge in [0, 0.05) is 18.0 Å². The van der Waals surface area contributed by atoms with Gasteiger partial charge in [0.15, 0.2) is 0 Å². The van der Waals surface area contributed by atoms with Gasteiger partial charge in [0.05, 0.1) is 0 Å². The van der Waals surface area contributed by atoms with Gasteiger partial charge in [0.1, 0.15) is 0 Å². The number of hydrogen-bond acceptors (Lipinski definition) is 1. The second-order valence-electron chi connectivity index (χ2n) is 5.49. The molecule has 16 heavy (non-hydrogen) atoms. The fourth-order valence-electron chi connectivity index (χ4n) is 2.97. The summed E-state index contributed by atoms with van der Waals surface area (Å²) < 4.78 is 0. The second-order valence-corrected chi connectivity index (χ2v) is 5.49. The van der Waals surface area contributed by atoms with E-state index in [0.29, 0.717) is 5.41 Å². The molecule has 0 radical (unpaired) electrons. The van der Waals surface area contributed by atoms with Crippen LogP contribution in [-0.2, 0) is 5.41 Å². The molecule has 3 rings (SSSR count). The summed E-state index contributed by atoms with van der Waals surface area (Å²) in [5, 5.41) is 3.72. The van der Waals surface area contributed by atoms with Crippen LogP contribution >= 0.6 is 0 Å². The molecule has 1 aromatic rings. The summed E-state index contributed by atoms with van der Waals surface area (Å²) in [5.41, 5.74) is 2.02. The number of benzene rings is 1. The molecule has 0 bridgehead atoms. The molecule has 0 aliphatic heterocycles. The maximum absolute atomic E-state index is 3.72. The van der Waals surface area contributed by atoms with Gasteiger partial charge in [-0.05, 0) is 30.7 Å². The van der Waals surface area contributed by atoms with Gasteiger partial charge in [0.2, 0.25) is 0 Å². The molecular weight excluding hydrogens is 194 g/mol. The predicted octanol–water partition coefficient (Wildman–Crippen LogP) is 3.11. The first-order valence-corrected chi connectivity index (χ1v) is 6.64. The fourth-order valence-corrected chi connectivity index (χ4v) is 2.97. The molecule has 1 N–H and O–H groups in total. The van der Waals surface area contributed by atoms with E-state index < -0.39 is 0 Å². The molecular formula is C15H21N. The van der Waals surface area contributed by atoms with Gasteiger partial charge >= 0.3 is 0 Å². The summed E-state index contributed by atoms with van der Waals surface area (Å²) >= 11 is 0. The average molecular weight is 215 g/mol. The molecule has 1 heteroatoms. The molecule has 1 nitrogen and oxygen atoms in total. The summed E-state index contributed by atoms with van der Waals surface area (Å²) in [6.45, 7) is 3.52. The number of hydrogen-bond donors (Lipinski definition) is 1. The Balaban J connectivity index is 1.75. The van der Waals surface area contributed by atoms with Crippen molar-refractivity contribution < 1.29 is 0 Å². The minimum atomic E-state index is 0.471. The van der Waals surface area contributed by atoms with Crippen molar-refractivity contribution in [3.8, 4) is 0 Å². The molecule has 2 aliphatic carbocycles. The van der Waals surface area contributed by atoms with E-state index in [1.54, 1.807) is 5.56 Å². The molecule has 2 saturated carbocycles. The summed E-state index contributed by atoms with van der Waals surface area (Å²) in [6, 6.07) is 11.9. The van der Waals surface area contributed by atoms with E-state index in [1.807, 2.05) is 0 Å². The van der Waals surface area contributed by atoms with Crippen LogP contribution in [0, 0.1) is 5.92 Å². The van der Waals surface area contributed by atoms with Gasteiger partial charge in [-0.25, -0.2) is 0 Å². The quantitative estimate of drug-likeness (QED) is 0.796. The molecule has 2 unspecified atom stereocenters. The first-order chi connectivity index (χ1) is 7.85. The van der Waals surface area contributed by atoms with Crippen LogP contribution in [0.15, 0.2) is 30.3 Å². The van der Waals surface area contributed by atoms with Crippen LogP contribution in [-0.4, -0.2) is 12.6 Å². The zero-order valence-corrected chi connectivity index (χ0v) is 10.1. The van der Waals surface area contributed by atoms with Gasteiger partial charge < -0.3 is 5.32 Å². The topological polar surface area (TPSA) is 12.0 Å². The molecule has 2 atom stereocenters. The van der Waals surface area contributed by atoms with Crippen LogP contribution in [0.3, 0.4) is 0 Å². The van der Waals surface area contributed by atoms with Crippen LogP contribution in [0.2, 0.25) is 0 Å². The fraction of sp³-hybridized carbons (Fsp3) is 0.600. The van der Waals surface area contributed by atoms with Gasteiger partial charge in [-0.1, -0.05) is 43.7 Å². The molecule has 0 aromatic heterocycles. The van der Waals surface area contributed by atoms with Gasteiger partial charge in [-0.2, -0.15) is 0 Å². The molecule has 2 aliphatic rings. The standard InChI is InChI=1S/C15H21N/c1-2-12-10-15(12,11-16-14-8-9-14)13-6-4-3-5-7-13/h3-7,12,14,16H,2,8-11H2,1H3. The monoisotopic (exact) mass is 215 g/mol. The number of rotatable bonds is 5. The first kappa shape index (κ1) is 10.3. The molecule has 2 fully saturated rings. The summed E-state index contributed by atoms with van der Waals surface area (Å²) in [6.07, 6.45) is 5.48. The SMILES string of the molecule is CCC1CC1(CNC1CC1)c1ccccc1. The summed E-state index contributed by atoms with van der Waals surface area (Å²) in [5.74, 6) is 0.904. The molecule has 86 valence electrons. The Morgan fingerprint density at radius 3 is 2.56 bits per heavy atom. The van der Waals surface area contributed by atoms with Crippen molar-refractivity contribution in [2.24, 2.45) is 5.92 Å². The lowest BCUT2D eigenvalue weighted by molar-refractivity contribution is 0.522. The third-order valence-electron chi connectivity index (χ3n) is 4.36. The summed E-state index contributed by atoms with van der Waals surface area (Å²) in [7, 11) is 0. The van der Waals surface area contributed by atoms with Crippen molar-refractivity contribution in [2.75, 3.05) is 6.54 Å². The minimum Gasteiger partial charge on any atom is -0.313 e. The van der Waals surface area contributed by atoms with Crippen molar-refractivity contribution in [3.05, 3.63) is 35.9 Å². The van der Waals surface area contributed by atoms with E-state index in [4.69, 9.17) is 0 Å². The van der Waals surface area contributed by atoms with Crippen LogP contribution in [0.1, 0.15) is 38.2 Å². The molecule has 1 aromatic carbocycles. The van der Waals surface area contributed by atoms with E-state index in [-0.39, 0.29) is 0 Å². The third kappa shape index (κ3) is 1.78. The lowest BCUT2D eigenvalue weighted by Crippen LogP contribution is -2.30.